The SMILES string of the molecule is CCCNC(Cc1cccnc1)c1cccnc1N. The van der Waals surface area contributed by atoms with Gasteiger partial charge in [-0.3, -0.25) is 4.98 Å². The number of anilines is 1. The molecule has 100 valence electrons. The van der Waals surface area contributed by atoms with Crippen molar-refractivity contribution in [2.75, 3.05) is 12.3 Å². The Labute approximate surface area is 114 Å². The zero-order valence-electron chi connectivity index (χ0n) is 11.2. The lowest BCUT2D eigenvalue weighted by atomic mass is 10.0. The van der Waals surface area contributed by atoms with E-state index in [9.17, 15) is 0 Å². The first-order valence-electron chi connectivity index (χ1n) is 6.64. The van der Waals surface area contributed by atoms with Crippen LogP contribution in [0.1, 0.15) is 30.5 Å². The van der Waals surface area contributed by atoms with E-state index < -0.39 is 0 Å². The van der Waals surface area contributed by atoms with E-state index in [1.807, 2.05) is 24.4 Å². The Morgan fingerprint density at radius 2 is 2.11 bits per heavy atom. The summed E-state index contributed by atoms with van der Waals surface area (Å²) in [7, 11) is 0. The lowest BCUT2D eigenvalue weighted by molar-refractivity contribution is 0.529. The molecule has 0 radical (unpaired) electrons. The normalized spacial score (nSPS) is 12.3. The lowest BCUT2D eigenvalue weighted by Crippen LogP contribution is -2.25. The highest BCUT2D eigenvalue weighted by Gasteiger charge is 2.14. The summed E-state index contributed by atoms with van der Waals surface area (Å²) in [5.41, 5.74) is 8.23. The van der Waals surface area contributed by atoms with E-state index in [1.165, 1.54) is 5.56 Å². The highest BCUT2D eigenvalue weighted by molar-refractivity contribution is 5.41. The maximum atomic E-state index is 5.98. The minimum absolute atomic E-state index is 0.179. The van der Waals surface area contributed by atoms with Gasteiger partial charge in [0.05, 0.1) is 0 Å². The van der Waals surface area contributed by atoms with Crippen LogP contribution in [0.5, 0.6) is 0 Å². The van der Waals surface area contributed by atoms with Crippen molar-refractivity contribution in [3.63, 3.8) is 0 Å². The summed E-state index contributed by atoms with van der Waals surface area (Å²) >= 11 is 0. The van der Waals surface area contributed by atoms with Crippen LogP contribution in [0.2, 0.25) is 0 Å². The molecule has 0 aromatic carbocycles. The molecule has 2 aromatic rings. The van der Waals surface area contributed by atoms with E-state index in [0.717, 1.165) is 24.9 Å². The second kappa shape index (κ2) is 6.85. The topological polar surface area (TPSA) is 63.8 Å². The first-order valence-corrected chi connectivity index (χ1v) is 6.64. The molecule has 0 aliphatic heterocycles. The fraction of sp³-hybridized carbons (Fsp3) is 0.333. The summed E-state index contributed by atoms with van der Waals surface area (Å²) in [4.78, 5) is 8.33. The molecule has 4 heteroatoms. The van der Waals surface area contributed by atoms with E-state index in [4.69, 9.17) is 5.73 Å². The monoisotopic (exact) mass is 256 g/mol. The number of aromatic nitrogens is 2. The van der Waals surface area contributed by atoms with Gasteiger partial charge in [-0.05, 0) is 37.1 Å². The third-order valence-electron chi connectivity index (χ3n) is 3.05. The van der Waals surface area contributed by atoms with Crippen LogP contribution in [0, 0.1) is 0 Å². The lowest BCUT2D eigenvalue weighted by Gasteiger charge is -2.20. The second-order valence-electron chi connectivity index (χ2n) is 4.55. The number of nitrogens with one attached hydrogen (secondary N) is 1. The van der Waals surface area contributed by atoms with Crippen LogP contribution < -0.4 is 11.1 Å². The van der Waals surface area contributed by atoms with Gasteiger partial charge in [-0.15, -0.1) is 0 Å². The van der Waals surface area contributed by atoms with Crippen molar-refractivity contribution in [3.8, 4) is 0 Å². The van der Waals surface area contributed by atoms with Gasteiger partial charge in [-0.2, -0.15) is 0 Å². The van der Waals surface area contributed by atoms with Crippen LogP contribution in [0.3, 0.4) is 0 Å². The summed E-state index contributed by atoms with van der Waals surface area (Å²) in [6, 6.07) is 8.18. The van der Waals surface area contributed by atoms with Gasteiger partial charge in [0.25, 0.3) is 0 Å². The Morgan fingerprint density at radius 1 is 1.26 bits per heavy atom. The largest absolute Gasteiger partial charge is 0.383 e. The molecule has 0 spiro atoms. The highest BCUT2D eigenvalue weighted by Crippen LogP contribution is 2.21. The van der Waals surface area contributed by atoms with E-state index >= 15 is 0 Å². The number of nitrogen functional groups attached to an aromatic ring is 1. The molecule has 1 unspecified atom stereocenters. The van der Waals surface area contributed by atoms with Crippen LogP contribution in [0.4, 0.5) is 5.82 Å². The van der Waals surface area contributed by atoms with Crippen LogP contribution in [-0.4, -0.2) is 16.5 Å². The Morgan fingerprint density at radius 3 is 2.79 bits per heavy atom. The number of pyridine rings is 2. The minimum atomic E-state index is 0.179. The standard InChI is InChI=1S/C15H20N4/c1-2-7-18-14(10-12-5-3-8-17-11-12)13-6-4-9-19-15(13)16/h3-6,8-9,11,14,18H,2,7,10H2,1H3,(H2,16,19). The molecule has 4 nitrogen and oxygen atoms in total. The first-order chi connectivity index (χ1) is 9.31. The molecular formula is C15H20N4. The molecule has 0 amide bonds. The van der Waals surface area contributed by atoms with Gasteiger partial charge in [-0.1, -0.05) is 19.1 Å². The Bertz CT molecular complexity index is 499. The predicted molar refractivity (Wildman–Crippen MR) is 77.6 cm³/mol. The van der Waals surface area contributed by atoms with Crippen molar-refractivity contribution >= 4 is 5.82 Å². The molecule has 2 heterocycles. The van der Waals surface area contributed by atoms with E-state index in [-0.39, 0.29) is 6.04 Å². The Balaban J connectivity index is 2.19. The Hall–Kier alpha value is -1.94. The summed E-state index contributed by atoms with van der Waals surface area (Å²) in [6.45, 7) is 3.11. The maximum Gasteiger partial charge on any atom is 0.128 e. The van der Waals surface area contributed by atoms with Gasteiger partial charge in [0.15, 0.2) is 0 Å². The van der Waals surface area contributed by atoms with Gasteiger partial charge in [0.1, 0.15) is 5.82 Å². The molecule has 2 aromatic heterocycles. The first kappa shape index (κ1) is 13.5. The quantitative estimate of drug-likeness (QED) is 0.832. The molecule has 0 saturated carbocycles. The van der Waals surface area contributed by atoms with Gasteiger partial charge >= 0.3 is 0 Å². The molecule has 0 aliphatic rings. The van der Waals surface area contributed by atoms with Crippen molar-refractivity contribution in [3.05, 3.63) is 54.0 Å². The van der Waals surface area contributed by atoms with Gasteiger partial charge in [-0.25, -0.2) is 4.98 Å². The number of nitrogens with two attached hydrogens (primary N) is 1. The van der Waals surface area contributed by atoms with E-state index in [2.05, 4.69) is 28.3 Å². The number of hydrogen-bond acceptors (Lipinski definition) is 4. The van der Waals surface area contributed by atoms with E-state index in [0.29, 0.717) is 5.82 Å². The van der Waals surface area contributed by atoms with Gasteiger partial charge in [0, 0.05) is 30.2 Å². The number of hydrogen-bond donors (Lipinski definition) is 2. The average molecular weight is 256 g/mol. The third-order valence-corrected chi connectivity index (χ3v) is 3.05. The molecule has 3 N–H and O–H groups in total. The fourth-order valence-corrected chi connectivity index (χ4v) is 2.09. The zero-order chi connectivity index (χ0) is 13.5. The molecule has 2 rings (SSSR count). The highest BCUT2D eigenvalue weighted by atomic mass is 14.9. The molecule has 0 saturated heterocycles. The van der Waals surface area contributed by atoms with E-state index in [1.54, 1.807) is 12.4 Å². The van der Waals surface area contributed by atoms with Crippen LogP contribution in [0.25, 0.3) is 0 Å². The molecular weight excluding hydrogens is 236 g/mol. The van der Waals surface area contributed by atoms with Crippen LogP contribution in [-0.2, 0) is 6.42 Å². The number of rotatable bonds is 6. The number of nitrogens with zero attached hydrogens (tertiary/aromatic N) is 2. The summed E-state index contributed by atoms with van der Waals surface area (Å²) in [5, 5.41) is 3.53. The summed E-state index contributed by atoms with van der Waals surface area (Å²) in [6.07, 6.45) is 7.36. The van der Waals surface area contributed by atoms with Crippen LogP contribution >= 0.6 is 0 Å². The minimum Gasteiger partial charge on any atom is -0.383 e. The molecule has 0 bridgehead atoms. The van der Waals surface area contributed by atoms with Crippen molar-refractivity contribution in [1.82, 2.24) is 15.3 Å². The smallest absolute Gasteiger partial charge is 0.128 e. The summed E-state index contributed by atoms with van der Waals surface area (Å²) in [5.74, 6) is 0.597. The van der Waals surface area contributed by atoms with Crippen molar-refractivity contribution in [1.29, 1.82) is 0 Å². The summed E-state index contributed by atoms with van der Waals surface area (Å²) < 4.78 is 0. The van der Waals surface area contributed by atoms with Gasteiger partial charge in [0.2, 0.25) is 0 Å². The zero-order valence-corrected chi connectivity index (χ0v) is 11.2. The molecule has 0 aliphatic carbocycles. The van der Waals surface area contributed by atoms with Crippen LogP contribution in [0.15, 0.2) is 42.9 Å². The molecule has 1 atom stereocenters. The molecule has 19 heavy (non-hydrogen) atoms. The van der Waals surface area contributed by atoms with Crippen molar-refractivity contribution < 1.29 is 0 Å². The van der Waals surface area contributed by atoms with Crippen molar-refractivity contribution in [2.24, 2.45) is 0 Å². The predicted octanol–water partition coefficient (Wildman–Crippen LogP) is 2.34. The van der Waals surface area contributed by atoms with Gasteiger partial charge < -0.3 is 11.1 Å². The maximum absolute atomic E-state index is 5.98. The Kier molecular flexibility index (Phi) is 4.86. The fourth-order valence-electron chi connectivity index (χ4n) is 2.09. The molecule has 0 fully saturated rings. The third kappa shape index (κ3) is 3.76. The van der Waals surface area contributed by atoms with Crippen molar-refractivity contribution in [2.45, 2.75) is 25.8 Å². The second-order valence-corrected chi connectivity index (χ2v) is 4.55. The average Bonchev–Trinajstić information content (AvgIpc) is 2.45.